The summed E-state index contributed by atoms with van der Waals surface area (Å²) in [6.45, 7) is 8.84. The normalized spacial score (nSPS) is 9.77. The average Bonchev–Trinajstić information content (AvgIpc) is 2.46. The van der Waals surface area contributed by atoms with Gasteiger partial charge < -0.3 is 19.8 Å². The largest absolute Gasteiger partial charge is 1.00 e. The summed E-state index contributed by atoms with van der Waals surface area (Å²) >= 11 is 0. The molecule has 26 heavy (non-hydrogen) atoms. The first-order valence-corrected chi connectivity index (χ1v) is 9.65. The third-order valence-electron chi connectivity index (χ3n) is 3.82. The van der Waals surface area contributed by atoms with Crippen molar-refractivity contribution in [1.82, 2.24) is 0 Å². The molecule has 0 saturated heterocycles. The number of carboxylic acid groups (broad SMARTS) is 2. The van der Waals surface area contributed by atoms with Crippen molar-refractivity contribution in [3.63, 3.8) is 0 Å². The van der Waals surface area contributed by atoms with Crippen LogP contribution >= 0.6 is 0 Å². The molecular weight excluding hydrogens is 366 g/mol. The molecule has 0 fully saturated rings. The molecule has 0 radical (unpaired) electrons. The van der Waals surface area contributed by atoms with Gasteiger partial charge in [-0.05, 0) is 37.5 Å². The van der Waals surface area contributed by atoms with Crippen LogP contribution in [0.4, 0.5) is 0 Å². The number of carbonyl (C=O) groups excluding carboxylic acids is 2. The Morgan fingerprint density at radius 1 is 0.615 bits per heavy atom. The summed E-state index contributed by atoms with van der Waals surface area (Å²) in [6.07, 6.45) is 11.3. The molecule has 0 aliphatic heterocycles. The van der Waals surface area contributed by atoms with Crippen molar-refractivity contribution < 1.29 is 101 Å². The van der Waals surface area contributed by atoms with Crippen LogP contribution in [0.5, 0.6) is 0 Å². The third kappa shape index (κ3) is 40.3. The number of unbranched alkanes of at least 4 members (excludes halogenated alkanes) is 6. The Balaban J connectivity index is -0.000000173. The Kier molecular flexibility index (Phi) is 35.8. The van der Waals surface area contributed by atoms with Gasteiger partial charge in [0, 0.05) is 11.9 Å². The van der Waals surface area contributed by atoms with E-state index in [1.165, 1.54) is 25.7 Å². The molecule has 0 aromatic heterocycles. The summed E-state index contributed by atoms with van der Waals surface area (Å²) in [5.41, 5.74) is 0. The zero-order valence-electron chi connectivity index (χ0n) is 18.3. The molecule has 4 nitrogen and oxygen atoms in total. The maximum Gasteiger partial charge on any atom is 1.00 e. The molecule has 0 heterocycles. The summed E-state index contributed by atoms with van der Waals surface area (Å²) in [6, 6.07) is 0. The zero-order valence-corrected chi connectivity index (χ0v) is 23.4. The Labute approximate surface area is 226 Å². The van der Waals surface area contributed by atoms with Gasteiger partial charge in [0.05, 0.1) is 0 Å². The second-order valence-corrected chi connectivity index (χ2v) is 7.44. The predicted molar refractivity (Wildman–Crippen MR) is 95.1 cm³/mol. The van der Waals surface area contributed by atoms with E-state index in [2.05, 4.69) is 27.7 Å². The summed E-state index contributed by atoms with van der Waals surface area (Å²) in [5.74, 6) is -0.296. The monoisotopic (exact) mass is 404 g/mol. The molecular formula is C20H38KNaO4. The predicted octanol–water partition coefficient (Wildman–Crippen LogP) is -2.53. The van der Waals surface area contributed by atoms with Crippen molar-refractivity contribution in [3.05, 3.63) is 0 Å². The minimum atomic E-state index is -0.918. The minimum Gasteiger partial charge on any atom is -0.550 e. The summed E-state index contributed by atoms with van der Waals surface area (Å²) < 4.78 is 0. The first-order valence-electron chi connectivity index (χ1n) is 9.65. The van der Waals surface area contributed by atoms with Crippen LogP contribution in [0, 0.1) is 11.8 Å². The Morgan fingerprint density at radius 2 is 0.885 bits per heavy atom. The van der Waals surface area contributed by atoms with Crippen molar-refractivity contribution in [2.45, 2.75) is 105 Å². The van der Waals surface area contributed by atoms with E-state index in [-0.39, 0.29) is 93.8 Å². The second kappa shape index (κ2) is 26.6. The van der Waals surface area contributed by atoms with Gasteiger partial charge in [-0.3, -0.25) is 0 Å². The van der Waals surface area contributed by atoms with Gasteiger partial charge in [-0.1, -0.05) is 79.1 Å². The van der Waals surface area contributed by atoms with Crippen molar-refractivity contribution in [1.29, 1.82) is 0 Å². The van der Waals surface area contributed by atoms with Crippen LogP contribution < -0.4 is 91.2 Å². The number of carboxylic acids is 2. The molecule has 0 spiro atoms. The van der Waals surface area contributed by atoms with Crippen LogP contribution in [0.2, 0.25) is 0 Å². The van der Waals surface area contributed by atoms with Crippen LogP contribution in [-0.4, -0.2) is 11.9 Å². The number of hydrogen-bond donors (Lipinski definition) is 0. The van der Waals surface area contributed by atoms with E-state index in [0.29, 0.717) is 0 Å². The molecule has 0 aliphatic rings. The van der Waals surface area contributed by atoms with Crippen LogP contribution in [0.3, 0.4) is 0 Å². The molecule has 144 valence electrons. The van der Waals surface area contributed by atoms with Crippen LogP contribution in [0.15, 0.2) is 0 Å². The van der Waals surface area contributed by atoms with E-state index in [1.54, 1.807) is 0 Å². The van der Waals surface area contributed by atoms with E-state index in [0.717, 1.165) is 50.4 Å². The zero-order chi connectivity index (χ0) is 18.8. The Hall–Kier alpha value is 1.58. The molecule has 0 aromatic carbocycles. The van der Waals surface area contributed by atoms with Gasteiger partial charge in [0.25, 0.3) is 0 Å². The van der Waals surface area contributed by atoms with Crippen LogP contribution in [0.1, 0.15) is 105 Å². The molecule has 6 heteroatoms. The molecule has 0 N–H and O–H groups in total. The SMILES string of the molecule is CC(C)CCCCCCC(=O)[O-].CC(C)CCCCCCC(=O)[O-].[K+].[Na+]. The number of rotatable bonds is 14. The number of aliphatic carboxylic acids is 2. The summed E-state index contributed by atoms with van der Waals surface area (Å²) in [7, 11) is 0. The van der Waals surface area contributed by atoms with Crippen molar-refractivity contribution >= 4 is 11.9 Å². The van der Waals surface area contributed by atoms with Crippen molar-refractivity contribution in [3.8, 4) is 0 Å². The van der Waals surface area contributed by atoms with E-state index < -0.39 is 11.9 Å². The quantitative estimate of drug-likeness (QED) is 0.236. The van der Waals surface area contributed by atoms with Crippen LogP contribution in [0.25, 0.3) is 0 Å². The maximum atomic E-state index is 10.0. The molecule has 0 aromatic rings. The van der Waals surface area contributed by atoms with Crippen molar-refractivity contribution in [2.24, 2.45) is 11.8 Å². The fourth-order valence-corrected chi connectivity index (χ4v) is 2.35. The summed E-state index contributed by atoms with van der Waals surface area (Å²) in [4.78, 5) is 20.1. The van der Waals surface area contributed by atoms with Gasteiger partial charge in [0.1, 0.15) is 0 Å². The molecule has 0 atom stereocenters. The van der Waals surface area contributed by atoms with Gasteiger partial charge >= 0.3 is 80.9 Å². The first-order chi connectivity index (χ1) is 11.3. The van der Waals surface area contributed by atoms with E-state index in [9.17, 15) is 19.8 Å². The number of hydrogen-bond acceptors (Lipinski definition) is 4. The standard InChI is InChI=1S/2C10H20O2.K.Na/c2*1-9(2)7-5-3-4-6-8-10(11)12;;/h2*9H,3-8H2,1-2H3,(H,11,12);;/q;;2*+1/p-2. The smallest absolute Gasteiger partial charge is 0.550 e. The van der Waals surface area contributed by atoms with Gasteiger partial charge in [0.2, 0.25) is 0 Å². The fourth-order valence-electron chi connectivity index (χ4n) is 2.35. The van der Waals surface area contributed by atoms with Crippen LogP contribution in [-0.2, 0) is 9.59 Å². The summed E-state index contributed by atoms with van der Waals surface area (Å²) in [5, 5.41) is 20.1. The molecule has 0 saturated carbocycles. The van der Waals surface area contributed by atoms with Crippen molar-refractivity contribution in [2.75, 3.05) is 0 Å². The number of carbonyl (C=O) groups is 2. The van der Waals surface area contributed by atoms with Gasteiger partial charge in [-0.25, -0.2) is 0 Å². The molecule has 0 unspecified atom stereocenters. The van der Waals surface area contributed by atoms with Gasteiger partial charge in [0.15, 0.2) is 0 Å². The Bertz CT molecular complexity index is 280. The molecule has 0 amide bonds. The first kappa shape index (κ1) is 35.0. The molecule has 0 aliphatic carbocycles. The molecule has 0 rings (SSSR count). The third-order valence-corrected chi connectivity index (χ3v) is 3.82. The fraction of sp³-hybridized carbons (Fsp3) is 0.900. The van der Waals surface area contributed by atoms with E-state index >= 15 is 0 Å². The van der Waals surface area contributed by atoms with Gasteiger partial charge in [-0.2, -0.15) is 0 Å². The second-order valence-electron chi connectivity index (χ2n) is 7.44. The minimum absolute atomic E-state index is 0. The average molecular weight is 405 g/mol. The topological polar surface area (TPSA) is 80.3 Å². The van der Waals surface area contributed by atoms with E-state index in [1.807, 2.05) is 0 Å². The Morgan fingerprint density at radius 3 is 1.12 bits per heavy atom. The maximum absolute atomic E-state index is 10.0. The molecule has 0 bridgehead atoms. The van der Waals surface area contributed by atoms with E-state index in [4.69, 9.17) is 0 Å². The van der Waals surface area contributed by atoms with Gasteiger partial charge in [-0.15, -0.1) is 0 Å².